The van der Waals surface area contributed by atoms with Crippen molar-refractivity contribution in [2.45, 2.75) is 12.9 Å². The van der Waals surface area contributed by atoms with Crippen molar-refractivity contribution in [3.63, 3.8) is 0 Å². The molecule has 1 aliphatic rings. The van der Waals surface area contributed by atoms with Gasteiger partial charge in [-0.05, 0) is 17.7 Å². The third kappa shape index (κ3) is 1.20. The highest BCUT2D eigenvalue weighted by Gasteiger charge is 2.20. The molecule has 0 aromatic heterocycles. The van der Waals surface area contributed by atoms with Crippen molar-refractivity contribution in [1.29, 1.82) is 0 Å². The van der Waals surface area contributed by atoms with Gasteiger partial charge >= 0.3 is 0 Å². The Hall–Kier alpha value is -0.380. The van der Waals surface area contributed by atoms with Gasteiger partial charge in [0.1, 0.15) is 0 Å². The van der Waals surface area contributed by atoms with Gasteiger partial charge in [0.15, 0.2) is 6.29 Å². The van der Waals surface area contributed by atoms with Gasteiger partial charge in [-0.2, -0.15) is 0 Å². The van der Waals surface area contributed by atoms with Crippen LogP contribution >= 0.6 is 15.9 Å². The summed E-state index contributed by atoms with van der Waals surface area (Å²) in [6.07, 6.45) is -0.734. The first-order valence-electron chi connectivity index (χ1n) is 3.35. The number of hydrogen-bond donors (Lipinski definition) is 1. The molecule has 58 valence electrons. The van der Waals surface area contributed by atoms with Crippen LogP contribution in [0.1, 0.15) is 17.4 Å². The predicted molar refractivity (Wildman–Crippen MR) is 43.9 cm³/mol. The van der Waals surface area contributed by atoms with Crippen LogP contribution in [0.4, 0.5) is 0 Å². The highest BCUT2D eigenvalue weighted by atomic mass is 79.9. The summed E-state index contributed by atoms with van der Waals surface area (Å²) in [5, 5.41) is 9.26. The highest BCUT2D eigenvalue weighted by molar-refractivity contribution is 9.10. The molecular formula is C8H7BrO2. The molecule has 1 N–H and O–H groups in total. The quantitative estimate of drug-likeness (QED) is 0.716. The van der Waals surface area contributed by atoms with Crippen LogP contribution < -0.4 is 0 Å². The zero-order valence-corrected chi connectivity index (χ0v) is 7.34. The number of aliphatic hydroxyl groups excluding tert-OH is 1. The van der Waals surface area contributed by atoms with E-state index in [-0.39, 0.29) is 0 Å². The molecule has 11 heavy (non-hydrogen) atoms. The zero-order chi connectivity index (χ0) is 7.84. The van der Waals surface area contributed by atoms with Crippen LogP contribution in [0.25, 0.3) is 0 Å². The molecule has 0 saturated heterocycles. The summed E-state index contributed by atoms with van der Waals surface area (Å²) in [7, 11) is 0. The van der Waals surface area contributed by atoms with Gasteiger partial charge in [0, 0.05) is 10.0 Å². The number of benzene rings is 1. The molecule has 0 spiro atoms. The van der Waals surface area contributed by atoms with Gasteiger partial charge in [-0.15, -0.1) is 0 Å². The van der Waals surface area contributed by atoms with Crippen molar-refractivity contribution in [2.75, 3.05) is 0 Å². The normalized spacial score (nSPS) is 21.8. The highest BCUT2D eigenvalue weighted by Crippen LogP contribution is 2.30. The number of halogens is 1. The summed E-state index contributed by atoms with van der Waals surface area (Å²) < 4.78 is 5.99. The summed E-state index contributed by atoms with van der Waals surface area (Å²) in [6.45, 7) is 0.518. The van der Waals surface area contributed by atoms with Crippen LogP contribution in [0.15, 0.2) is 22.7 Å². The van der Waals surface area contributed by atoms with Crippen molar-refractivity contribution in [3.05, 3.63) is 33.8 Å². The third-order valence-electron chi connectivity index (χ3n) is 1.77. The van der Waals surface area contributed by atoms with Crippen molar-refractivity contribution in [1.82, 2.24) is 0 Å². The van der Waals surface area contributed by atoms with E-state index in [0.717, 1.165) is 15.6 Å². The van der Waals surface area contributed by atoms with Gasteiger partial charge in [-0.3, -0.25) is 0 Å². The molecule has 0 fully saturated rings. The topological polar surface area (TPSA) is 29.5 Å². The summed E-state index contributed by atoms with van der Waals surface area (Å²) in [5.41, 5.74) is 1.94. The van der Waals surface area contributed by atoms with Gasteiger partial charge in [0.05, 0.1) is 6.61 Å². The van der Waals surface area contributed by atoms with Gasteiger partial charge in [-0.25, -0.2) is 0 Å². The Morgan fingerprint density at radius 2 is 2.36 bits per heavy atom. The number of rotatable bonds is 0. The molecule has 1 aliphatic heterocycles. The Morgan fingerprint density at radius 1 is 1.55 bits per heavy atom. The van der Waals surface area contributed by atoms with E-state index in [1.54, 1.807) is 0 Å². The summed E-state index contributed by atoms with van der Waals surface area (Å²) >= 11 is 3.33. The second-order valence-electron chi connectivity index (χ2n) is 2.51. The Labute approximate surface area is 72.9 Å². The van der Waals surface area contributed by atoms with E-state index in [2.05, 4.69) is 15.9 Å². The van der Waals surface area contributed by atoms with Gasteiger partial charge < -0.3 is 9.84 Å². The molecule has 1 aromatic rings. The van der Waals surface area contributed by atoms with Crippen molar-refractivity contribution < 1.29 is 9.84 Å². The Bertz CT molecular complexity index is 285. The molecule has 0 bridgehead atoms. The first-order chi connectivity index (χ1) is 5.27. The number of aliphatic hydroxyl groups is 1. The first kappa shape index (κ1) is 7.28. The molecule has 1 heterocycles. The first-order valence-corrected chi connectivity index (χ1v) is 4.14. The molecule has 0 saturated carbocycles. The van der Waals surface area contributed by atoms with Crippen molar-refractivity contribution >= 4 is 15.9 Å². The molecule has 1 atom stereocenters. The SMILES string of the molecule is O[C@H]1OCc2ccc(Br)cc21. The molecular weight excluding hydrogens is 208 g/mol. The maximum atomic E-state index is 9.26. The van der Waals surface area contributed by atoms with E-state index in [9.17, 15) is 5.11 Å². The number of hydrogen-bond acceptors (Lipinski definition) is 2. The fourth-order valence-electron chi connectivity index (χ4n) is 1.19. The minimum Gasteiger partial charge on any atom is -0.364 e. The van der Waals surface area contributed by atoms with Crippen molar-refractivity contribution in [3.8, 4) is 0 Å². The monoisotopic (exact) mass is 214 g/mol. The van der Waals surface area contributed by atoms with Crippen LogP contribution in [-0.2, 0) is 11.3 Å². The van der Waals surface area contributed by atoms with E-state index in [1.165, 1.54) is 0 Å². The molecule has 0 aliphatic carbocycles. The molecule has 0 radical (unpaired) electrons. The summed E-state index contributed by atoms with van der Waals surface area (Å²) in [4.78, 5) is 0. The average molecular weight is 215 g/mol. The third-order valence-corrected chi connectivity index (χ3v) is 2.26. The van der Waals surface area contributed by atoms with Gasteiger partial charge in [0.25, 0.3) is 0 Å². The smallest absolute Gasteiger partial charge is 0.181 e. The lowest BCUT2D eigenvalue weighted by atomic mass is 10.1. The van der Waals surface area contributed by atoms with E-state index < -0.39 is 6.29 Å². The van der Waals surface area contributed by atoms with Crippen LogP contribution in [-0.4, -0.2) is 5.11 Å². The Kier molecular flexibility index (Phi) is 1.71. The van der Waals surface area contributed by atoms with E-state index >= 15 is 0 Å². The number of fused-ring (bicyclic) bond motifs is 1. The van der Waals surface area contributed by atoms with Crippen LogP contribution in [0.5, 0.6) is 0 Å². The summed E-state index contributed by atoms with van der Waals surface area (Å²) in [5.74, 6) is 0. The van der Waals surface area contributed by atoms with Gasteiger partial charge in [-0.1, -0.05) is 22.0 Å². The lowest BCUT2D eigenvalue weighted by molar-refractivity contribution is -0.0918. The second kappa shape index (κ2) is 2.59. The number of ether oxygens (including phenoxy) is 1. The maximum Gasteiger partial charge on any atom is 0.181 e. The second-order valence-corrected chi connectivity index (χ2v) is 3.42. The van der Waals surface area contributed by atoms with Gasteiger partial charge in [0.2, 0.25) is 0 Å². The van der Waals surface area contributed by atoms with Crippen molar-refractivity contribution in [2.24, 2.45) is 0 Å². The Balaban J connectivity index is 2.52. The van der Waals surface area contributed by atoms with E-state index in [0.29, 0.717) is 6.61 Å². The Morgan fingerprint density at radius 3 is 3.18 bits per heavy atom. The zero-order valence-electron chi connectivity index (χ0n) is 5.75. The molecule has 3 heteroatoms. The maximum absolute atomic E-state index is 9.26. The minimum absolute atomic E-state index is 0.518. The average Bonchev–Trinajstić information content (AvgIpc) is 2.33. The lowest BCUT2D eigenvalue weighted by Gasteiger charge is -2.01. The lowest BCUT2D eigenvalue weighted by Crippen LogP contribution is -1.91. The summed E-state index contributed by atoms with van der Waals surface area (Å²) in [6, 6.07) is 5.78. The van der Waals surface area contributed by atoms with E-state index in [4.69, 9.17) is 4.74 Å². The molecule has 1 aromatic carbocycles. The minimum atomic E-state index is -0.734. The molecule has 2 nitrogen and oxygen atoms in total. The van der Waals surface area contributed by atoms with Crippen LogP contribution in [0, 0.1) is 0 Å². The van der Waals surface area contributed by atoms with E-state index in [1.807, 2.05) is 18.2 Å². The van der Waals surface area contributed by atoms with Crippen LogP contribution in [0.3, 0.4) is 0 Å². The predicted octanol–water partition coefficient (Wildman–Crippen LogP) is 1.97. The fourth-order valence-corrected chi connectivity index (χ4v) is 1.56. The fraction of sp³-hybridized carbons (Fsp3) is 0.250. The van der Waals surface area contributed by atoms with Crippen LogP contribution in [0.2, 0.25) is 0 Å². The molecule has 0 amide bonds. The molecule has 0 unspecified atom stereocenters. The largest absolute Gasteiger partial charge is 0.364 e. The molecule has 2 rings (SSSR count). The standard InChI is InChI=1S/C8H7BrO2/c9-6-2-1-5-4-11-8(10)7(5)3-6/h1-3,8,10H,4H2/t8-/m0/s1.